The molecule has 0 unspecified atom stereocenters. The maximum Gasteiger partial charge on any atom is 0.231 e. The molecular formula is C24H26N4O3S. The van der Waals surface area contributed by atoms with Crippen molar-refractivity contribution in [1.29, 1.82) is 0 Å². The third kappa shape index (κ3) is 4.50. The van der Waals surface area contributed by atoms with Crippen molar-refractivity contribution in [2.45, 2.75) is 31.6 Å². The molecule has 1 aromatic heterocycles. The quantitative estimate of drug-likeness (QED) is 0.604. The third-order valence-electron chi connectivity index (χ3n) is 5.53. The van der Waals surface area contributed by atoms with Crippen LogP contribution in [-0.4, -0.2) is 37.1 Å². The highest BCUT2D eigenvalue weighted by Crippen LogP contribution is 2.35. The summed E-state index contributed by atoms with van der Waals surface area (Å²) in [5, 5.41) is 3.14. The van der Waals surface area contributed by atoms with E-state index >= 15 is 0 Å². The van der Waals surface area contributed by atoms with E-state index in [1.165, 1.54) is 0 Å². The minimum Gasteiger partial charge on any atom is -0.324 e. The Kier molecular flexibility index (Phi) is 5.97. The predicted molar refractivity (Wildman–Crippen MR) is 126 cm³/mol. The molecule has 0 radical (unpaired) electrons. The lowest BCUT2D eigenvalue weighted by atomic mass is 10.1. The minimum absolute atomic E-state index is 0.0187. The van der Waals surface area contributed by atoms with Crippen LogP contribution in [0, 0.1) is 5.92 Å². The largest absolute Gasteiger partial charge is 0.324 e. The molecule has 0 atom stereocenters. The number of para-hydroxylation sites is 1. The molecule has 7 nitrogen and oxygen atoms in total. The molecule has 2 aromatic carbocycles. The number of fused-ring (bicyclic) bond motifs is 3. The molecule has 0 fully saturated rings. The summed E-state index contributed by atoms with van der Waals surface area (Å²) >= 11 is 0. The summed E-state index contributed by atoms with van der Waals surface area (Å²) in [5.74, 6) is 0.829. The van der Waals surface area contributed by atoms with Crippen LogP contribution in [0.1, 0.15) is 25.8 Å². The van der Waals surface area contributed by atoms with Gasteiger partial charge in [0.1, 0.15) is 0 Å². The molecular weight excluding hydrogens is 424 g/mol. The minimum atomic E-state index is -3.30. The smallest absolute Gasteiger partial charge is 0.231 e. The number of aromatic nitrogens is 2. The molecule has 1 aliphatic heterocycles. The molecule has 3 aromatic rings. The fraction of sp³-hybridized carbons (Fsp3) is 0.292. The number of hydrogen-bond acceptors (Lipinski definition) is 6. The van der Waals surface area contributed by atoms with E-state index in [-0.39, 0.29) is 18.1 Å². The van der Waals surface area contributed by atoms with Gasteiger partial charge >= 0.3 is 0 Å². The number of nitrogens with one attached hydrogen (secondary N) is 1. The van der Waals surface area contributed by atoms with Gasteiger partial charge in [0.25, 0.3) is 0 Å². The Balaban J connectivity index is 1.60. The Bertz CT molecular complexity index is 1250. The summed E-state index contributed by atoms with van der Waals surface area (Å²) < 4.78 is 25.0. The van der Waals surface area contributed by atoms with Gasteiger partial charge in [0.05, 0.1) is 28.5 Å². The average Bonchev–Trinajstić information content (AvgIpc) is 2.88. The Hall–Kier alpha value is -3.26. The van der Waals surface area contributed by atoms with Crippen LogP contribution in [0.4, 0.5) is 17.3 Å². The first-order valence-electron chi connectivity index (χ1n) is 10.6. The predicted octanol–water partition coefficient (Wildman–Crippen LogP) is 4.23. The van der Waals surface area contributed by atoms with Crippen molar-refractivity contribution < 1.29 is 13.2 Å². The van der Waals surface area contributed by atoms with Crippen molar-refractivity contribution in [3.05, 3.63) is 60.3 Å². The first-order valence-corrected chi connectivity index (χ1v) is 12.2. The van der Waals surface area contributed by atoms with Gasteiger partial charge in [0.15, 0.2) is 9.84 Å². The molecule has 0 spiro atoms. The van der Waals surface area contributed by atoms with Crippen molar-refractivity contribution >= 4 is 33.1 Å². The van der Waals surface area contributed by atoms with Crippen LogP contribution in [0.2, 0.25) is 0 Å². The summed E-state index contributed by atoms with van der Waals surface area (Å²) in [4.78, 5) is 23.5. The number of amides is 1. The van der Waals surface area contributed by atoms with Crippen LogP contribution in [0.25, 0.3) is 11.3 Å². The molecule has 2 heterocycles. The van der Waals surface area contributed by atoms with Crippen molar-refractivity contribution in [3.8, 4) is 11.3 Å². The third-order valence-corrected chi connectivity index (χ3v) is 7.30. The van der Waals surface area contributed by atoms with Crippen molar-refractivity contribution in [2.24, 2.45) is 5.92 Å². The number of likely N-dealkylation sites (N-methyl/N-ethyl adjacent to an activating group) is 1. The lowest BCUT2D eigenvalue weighted by molar-refractivity contribution is -0.117. The molecule has 0 aliphatic carbocycles. The van der Waals surface area contributed by atoms with Crippen LogP contribution in [-0.2, 0) is 21.1 Å². The van der Waals surface area contributed by atoms with E-state index in [1.807, 2.05) is 38.1 Å². The first kappa shape index (κ1) is 22.0. The zero-order valence-corrected chi connectivity index (χ0v) is 19.2. The Labute approximate surface area is 188 Å². The SMILES string of the molecule is CC(C)CCS(=O)(=O)c1ccc(Nc2ncc3c(n2)-c2ccccc2N(C)C(=O)C3)cc1. The first-order chi connectivity index (χ1) is 15.2. The highest BCUT2D eigenvalue weighted by Gasteiger charge is 2.24. The molecule has 166 valence electrons. The molecule has 4 rings (SSSR count). The van der Waals surface area contributed by atoms with E-state index in [2.05, 4.69) is 15.3 Å². The summed E-state index contributed by atoms with van der Waals surface area (Å²) in [6.45, 7) is 4.02. The van der Waals surface area contributed by atoms with Gasteiger partial charge in [-0.1, -0.05) is 32.0 Å². The number of sulfone groups is 1. The Morgan fingerprint density at radius 2 is 1.81 bits per heavy atom. The van der Waals surface area contributed by atoms with Gasteiger partial charge in [-0.15, -0.1) is 0 Å². The average molecular weight is 451 g/mol. The lowest BCUT2D eigenvalue weighted by Gasteiger charge is -2.16. The van der Waals surface area contributed by atoms with Gasteiger partial charge in [-0.3, -0.25) is 4.79 Å². The van der Waals surface area contributed by atoms with Crippen LogP contribution in [0.5, 0.6) is 0 Å². The molecule has 1 N–H and O–H groups in total. The van der Waals surface area contributed by atoms with E-state index in [9.17, 15) is 13.2 Å². The highest BCUT2D eigenvalue weighted by atomic mass is 32.2. The molecule has 0 bridgehead atoms. The second-order valence-electron chi connectivity index (χ2n) is 8.36. The molecule has 1 amide bonds. The maximum absolute atomic E-state index is 12.5. The standard InChI is InChI=1S/C24H26N4O3S/c1-16(2)12-13-32(30,31)19-10-8-18(9-11-19)26-24-25-15-17-14-22(29)28(3)21-7-5-4-6-20(21)23(17)27-24/h4-11,15-16H,12-14H2,1-3H3,(H,25,26,27). The van der Waals surface area contributed by atoms with E-state index in [4.69, 9.17) is 0 Å². The summed E-state index contributed by atoms with van der Waals surface area (Å²) in [6.07, 6.45) is 2.53. The second kappa shape index (κ2) is 8.70. The number of anilines is 3. The van der Waals surface area contributed by atoms with Gasteiger partial charge < -0.3 is 10.2 Å². The van der Waals surface area contributed by atoms with Crippen molar-refractivity contribution in [2.75, 3.05) is 23.0 Å². The zero-order chi connectivity index (χ0) is 22.9. The molecule has 8 heteroatoms. The molecule has 32 heavy (non-hydrogen) atoms. The number of benzene rings is 2. The number of hydrogen-bond donors (Lipinski definition) is 1. The van der Waals surface area contributed by atoms with Crippen LogP contribution >= 0.6 is 0 Å². The second-order valence-corrected chi connectivity index (χ2v) is 10.5. The maximum atomic E-state index is 12.5. The normalized spacial score (nSPS) is 13.5. The van der Waals surface area contributed by atoms with Crippen LogP contribution in [0.3, 0.4) is 0 Å². The highest BCUT2D eigenvalue weighted by molar-refractivity contribution is 7.91. The van der Waals surface area contributed by atoms with Gasteiger partial charge in [0.2, 0.25) is 11.9 Å². The van der Waals surface area contributed by atoms with E-state index < -0.39 is 9.84 Å². The number of rotatable bonds is 6. The molecule has 0 saturated heterocycles. The zero-order valence-electron chi connectivity index (χ0n) is 18.4. The fourth-order valence-corrected chi connectivity index (χ4v) is 5.16. The van der Waals surface area contributed by atoms with Crippen molar-refractivity contribution in [3.63, 3.8) is 0 Å². The van der Waals surface area contributed by atoms with Gasteiger partial charge in [-0.2, -0.15) is 0 Å². The van der Waals surface area contributed by atoms with Crippen LogP contribution in [0.15, 0.2) is 59.6 Å². The molecule has 1 aliphatic rings. The lowest BCUT2D eigenvalue weighted by Crippen LogP contribution is -2.26. The van der Waals surface area contributed by atoms with Crippen LogP contribution < -0.4 is 10.2 Å². The Morgan fingerprint density at radius 1 is 1.09 bits per heavy atom. The van der Waals surface area contributed by atoms with Gasteiger partial charge in [0, 0.05) is 30.1 Å². The van der Waals surface area contributed by atoms with Gasteiger partial charge in [-0.25, -0.2) is 18.4 Å². The summed E-state index contributed by atoms with van der Waals surface area (Å²) in [7, 11) is -1.54. The number of carbonyl (C=O) groups is 1. The fourth-order valence-electron chi connectivity index (χ4n) is 3.60. The van der Waals surface area contributed by atoms with E-state index in [1.54, 1.807) is 42.4 Å². The molecule has 0 saturated carbocycles. The summed E-state index contributed by atoms with van der Waals surface area (Å²) in [5.41, 5.74) is 3.83. The van der Waals surface area contributed by atoms with E-state index in [0.29, 0.717) is 34.6 Å². The number of nitrogens with zero attached hydrogens (tertiary/aromatic N) is 3. The topological polar surface area (TPSA) is 92.3 Å². The van der Waals surface area contributed by atoms with Gasteiger partial charge in [-0.05, 0) is 42.7 Å². The van der Waals surface area contributed by atoms with E-state index in [0.717, 1.165) is 16.8 Å². The summed E-state index contributed by atoms with van der Waals surface area (Å²) in [6, 6.07) is 14.3. The Morgan fingerprint density at radius 3 is 2.53 bits per heavy atom. The van der Waals surface area contributed by atoms with Crippen molar-refractivity contribution in [1.82, 2.24) is 9.97 Å². The number of carbonyl (C=O) groups excluding carboxylic acids is 1. The monoisotopic (exact) mass is 450 g/mol.